The molecule has 0 saturated carbocycles. The number of allylic oxidation sites excluding steroid dienone is 2. The van der Waals surface area contributed by atoms with Gasteiger partial charge in [-0.2, -0.15) is 0 Å². The van der Waals surface area contributed by atoms with Crippen LogP contribution in [0.15, 0.2) is 66.6 Å². The predicted molar refractivity (Wildman–Crippen MR) is 127 cm³/mol. The molecule has 1 aliphatic rings. The predicted octanol–water partition coefficient (Wildman–Crippen LogP) is 6.84. The largest absolute Gasteiger partial charge is 0.512 e. The van der Waals surface area contributed by atoms with Gasteiger partial charge in [-0.15, -0.1) is 23.3 Å². The minimum absolute atomic E-state index is 0. The van der Waals surface area contributed by atoms with E-state index in [2.05, 4.69) is 75.4 Å². The second kappa shape index (κ2) is 8.97. The average molecular weight is 601 g/mol. The van der Waals surface area contributed by atoms with Crippen molar-refractivity contribution in [1.82, 2.24) is 4.98 Å². The van der Waals surface area contributed by atoms with Crippen molar-refractivity contribution < 1.29 is 30.0 Å². The maximum Gasteiger partial charge on any atom is 0.155 e. The van der Waals surface area contributed by atoms with Crippen LogP contribution in [-0.2, 0) is 30.3 Å². The summed E-state index contributed by atoms with van der Waals surface area (Å²) in [5.74, 6) is -0.0625. The van der Waals surface area contributed by atoms with E-state index < -0.39 is 0 Å². The summed E-state index contributed by atoms with van der Waals surface area (Å²) < 4.78 is 0. The van der Waals surface area contributed by atoms with Crippen LogP contribution in [0.1, 0.15) is 44.4 Å². The molecule has 1 aromatic heterocycles. The smallest absolute Gasteiger partial charge is 0.155 e. The van der Waals surface area contributed by atoms with Crippen molar-refractivity contribution in [3.8, 4) is 11.3 Å². The van der Waals surface area contributed by atoms with E-state index in [0.29, 0.717) is 0 Å². The number of hydrogen-bond acceptors (Lipinski definition) is 3. The van der Waals surface area contributed by atoms with Gasteiger partial charge in [-0.25, -0.2) is 0 Å². The van der Waals surface area contributed by atoms with Gasteiger partial charge in [-0.1, -0.05) is 66.6 Å². The van der Waals surface area contributed by atoms with Crippen molar-refractivity contribution in [3.05, 3.63) is 89.3 Å². The third-order valence-corrected chi connectivity index (χ3v) is 5.81. The Hall–Kier alpha value is -2.81. The molecule has 1 N–H and O–H groups in total. The van der Waals surface area contributed by atoms with E-state index in [0.717, 1.165) is 11.3 Å². The van der Waals surface area contributed by atoms with Gasteiger partial charge < -0.3 is 10.1 Å². The number of fused-ring (bicyclic) bond motifs is 4. The maximum atomic E-state index is 10.0. The minimum atomic E-state index is -0.125. The molecule has 3 nitrogen and oxygen atoms in total. The van der Waals surface area contributed by atoms with Gasteiger partial charge in [0, 0.05) is 32.4 Å². The molecule has 5 rings (SSSR count). The molecule has 1 aliphatic carbocycles. The first-order valence-corrected chi connectivity index (χ1v) is 10.4. The number of aromatic nitrogens is 1. The van der Waals surface area contributed by atoms with Crippen molar-refractivity contribution in [2.75, 3.05) is 0 Å². The molecule has 1 heterocycles. The number of carbonyl (C=O) groups is 1. The van der Waals surface area contributed by atoms with E-state index in [-0.39, 0.29) is 37.1 Å². The fourth-order valence-electron chi connectivity index (χ4n) is 4.62. The van der Waals surface area contributed by atoms with Crippen LogP contribution in [0.25, 0.3) is 32.8 Å². The summed E-state index contributed by atoms with van der Waals surface area (Å²) in [7, 11) is 0. The van der Waals surface area contributed by atoms with Gasteiger partial charge in [0.25, 0.3) is 0 Å². The number of ketones is 1. The number of aliphatic hydroxyl groups excluding tert-OH is 1. The zero-order chi connectivity index (χ0) is 22.3. The summed E-state index contributed by atoms with van der Waals surface area (Å²) in [5, 5.41) is 13.5. The summed E-state index contributed by atoms with van der Waals surface area (Å²) in [6.07, 6.45) is 3.09. The molecule has 3 aromatic carbocycles. The van der Waals surface area contributed by atoms with E-state index >= 15 is 0 Å². The average Bonchev–Trinajstić information content (AvgIpc) is 2.70. The first-order valence-electron chi connectivity index (χ1n) is 10.4. The molecule has 0 atom stereocenters. The Balaban J connectivity index is 0.000000318. The summed E-state index contributed by atoms with van der Waals surface area (Å²) >= 11 is 0. The Morgan fingerprint density at radius 2 is 1.81 bits per heavy atom. The molecule has 0 bridgehead atoms. The van der Waals surface area contributed by atoms with Crippen LogP contribution in [0, 0.1) is 13.0 Å². The van der Waals surface area contributed by atoms with Crippen LogP contribution < -0.4 is 0 Å². The Morgan fingerprint density at radius 1 is 1.09 bits per heavy atom. The summed E-state index contributed by atoms with van der Waals surface area (Å²) in [5.41, 5.74) is 6.17. The fraction of sp³-hybridized carbons (Fsp3) is 0.214. The van der Waals surface area contributed by atoms with Crippen LogP contribution >= 0.6 is 0 Å². The molecule has 4 aromatic rings. The number of nitrogens with zero attached hydrogens (tertiary/aromatic N) is 1. The number of carbonyl (C=O) groups excluding carboxylic acids is 1. The van der Waals surface area contributed by atoms with E-state index in [4.69, 9.17) is 10.1 Å². The summed E-state index contributed by atoms with van der Waals surface area (Å²) in [4.78, 5) is 14.8. The van der Waals surface area contributed by atoms with E-state index in [1.54, 1.807) is 0 Å². The topological polar surface area (TPSA) is 50.2 Å². The molecule has 0 aliphatic heterocycles. The molecule has 32 heavy (non-hydrogen) atoms. The van der Waals surface area contributed by atoms with Crippen LogP contribution in [0.2, 0.25) is 0 Å². The number of aliphatic hydroxyl groups is 1. The Morgan fingerprint density at radius 3 is 2.47 bits per heavy atom. The molecule has 0 unspecified atom stereocenters. The molecule has 0 fully saturated rings. The number of hydrogen-bond donors (Lipinski definition) is 1. The third kappa shape index (κ3) is 4.13. The standard InChI is InChI=1S/C23H18N.C5H8O2.Ir/c1-14-12-16-10-11-24-22-18-9-8-15-6-4-5-7-17(15)21(18)23(2,3)19(13-14)20(16)22;1-4(6)3-5(2)7;/h4-8,10-13H,1-3H3;3,6H,1-2H3;/q-1;;/b;4-3-;. The monoisotopic (exact) mass is 601 g/mol. The zero-order valence-corrected chi connectivity index (χ0v) is 21.3. The second-order valence-corrected chi connectivity index (χ2v) is 8.72. The van der Waals surface area contributed by atoms with Gasteiger partial charge in [0.1, 0.15) is 0 Å². The van der Waals surface area contributed by atoms with Crippen molar-refractivity contribution in [1.29, 1.82) is 0 Å². The van der Waals surface area contributed by atoms with E-state index in [9.17, 15) is 4.79 Å². The molecular formula is C28H26IrNO2-. The van der Waals surface area contributed by atoms with Gasteiger partial charge >= 0.3 is 0 Å². The Labute approximate surface area is 202 Å². The van der Waals surface area contributed by atoms with Gasteiger partial charge in [0.15, 0.2) is 5.78 Å². The van der Waals surface area contributed by atoms with Crippen LogP contribution in [-0.4, -0.2) is 15.9 Å². The molecular weight excluding hydrogens is 575 g/mol. The maximum absolute atomic E-state index is 10.0. The molecule has 0 spiro atoms. The van der Waals surface area contributed by atoms with E-state index in [1.165, 1.54) is 58.2 Å². The van der Waals surface area contributed by atoms with Crippen molar-refractivity contribution >= 4 is 27.3 Å². The van der Waals surface area contributed by atoms with Crippen LogP contribution in [0.5, 0.6) is 0 Å². The molecule has 4 heteroatoms. The van der Waals surface area contributed by atoms with Gasteiger partial charge in [0.2, 0.25) is 0 Å². The number of pyridine rings is 1. The van der Waals surface area contributed by atoms with Crippen LogP contribution in [0.4, 0.5) is 0 Å². The van der Waals surface area contributed by atoms with Gasteiger partial charge in [0.05, 0.1) is 5.76 Å². The zero-order valence-electron chi connectivity index (χ0n) is 18.9. The third-order valence-electron chi connectivity index (χ3n) is 5.81. The van der Waals surface area contributed by atoms with Crippen molar-refractivity contribution in [2.45, 2.75) is 40.0 Å². The molecule has 1 radical (unpaired) electrons. The number of aryl methyl sites for hydroxylation is 1. The first kappa shape index (κ1) is 23.8. The van der Waals surface area contributed by atoms with Crippen LogP contribution in [0.3, 0.4) is 0 Å². The number of rotatable bonds is 1. The Kier molecular flexibility index (Phi) is 6.69. The van der Waals surface area contributed by atoms with Crippen molar-refractivity contribution in [2.24, 2.45) is 0 Å². The first-order chi connectivity index (χ1) is 14.7. The summed E-state index contributed by atoms with van der Waals surface area (Å²) in [6.45, 7) is 9.69. The van der Waals surface area contributed by atoms with Gasteiger partial charge in [-0.3, -0.25) is 4.79 Å². The quantitative estimate of drug-likeness (QED) is 0.148. The molecule has 0 amide bonds. The van der Waals surface area contributed by atoms with Crippen molar-refractivity contribution in [3.63, 3.8) is 0 Å². The Bertz CT molecular complexity index is 1360. The normalized spacial score (nSPS) is 13.6. The minimum Gasteiger partial charge on any atom is -0.512 e. The van der Waals surface area contributed by atoms with Gasteiger partial charge in [-0.05, 0) is 54.3 Å². The number of benzene rings is 3. The SMILES string of the molecule is CC(=O)/C=C(/C)O.Cc1cc2c3c(nccc3c1)-c1[c-]cc3ccccc3c1C2(C)C.[Ir]. The second-order valence-electron chi connectivity index (χ2n) is 8.72. The summed E-state index contributed by atoms with van der Waals surface area (Å²) in [6, 6.07) is 21.0. The molecule has 165 valence electrons. The fourth-order valence-corrected chi connectivity index (χ4v) is 4.62. The molecule has 0 saturated heterocycles. The van der Waals surface area contributed by atoms with E-state index in [1.807, 2.05) is 6.20 Å².